The molecule has 0 aliphatic heterocycles. The van der Waals surface area contributed by atoms with Crippen LogP contribution in [0.3, 0.4) is 0 Å². The standard InChI is InChI=1S/C14H10ClFN2O3S/c15-10-6-5-9(7-12(10)18(20)21)17-14(19)8-22-13-4-2-1-3-11(13)16/h1-7H,8H2,(H,17,19). The number of nitro benzene ring substituents is 1. The number of hydrogen-bond donors (Lipinski definition) is 1. The Balaban J connectivity index is 1.99. The molecule has 0 fully saturated rings. The Bertz CT molecular complexity index is 727. The molecule has 0 heterocycles. The topological polar surface area (TPSA) is 72.2 Å². The zero-order chi connectivity index (χ0) is 16.1. The summed E-state index contributed by atoms with van der Waals surface area (Å²) < 4.78 is 13.4. The Morgan fingerprint density at radius 1 is 1.32 bits per heavy atom. The number of carbonyl (C=O) groups excluding carboxylic acids is 1. The highest BCUT2D eigenvalue weighted by molar-refractivity contribution is 8.00. The van der Waals surface area contributed by atoms with Crippen LogP contribution in [0.1, 0.15) is 0 Å². The monoisotopic (exact) mass is 340 g/mol. The molecule has 0 spiro atoms. The van der Waals surface area contributed by atoms with Crippen molar-refractivity contribution in [2.24, 2.45) is 0 Å². The molecule has 0 radical (unpaired) electrons. The van der Waals surface area contributed by atoms with Crippen molar-refractivity contribution in [3.05, 3.63) is 63.4 Å². The average molecular weight is 341 g/mol. The van der Waals surface area contributed by atoms with Gasteiger partial charge in [0.15, 0.2) is 0 Å². The van der Waals surface area contributed by atoms with Gasteiger partial charge in [0.1, 0.15) is 10.8 Å². The van der Waals surface area contributed by atoms with Crippen LogP contribution in [-0.4, -0.2) is 16.6 Å². The molecule has 0 saturated carbocycles. The summed E-state index contributed by atoms with van der Waals surface area (Å²) in [4.78, 5) is 22.3. The minimum Gasteiger partial charge on any atom is -0.325 e. The number of nitrogens with zero attached hydrogens (tertiary/aromatic N) is 1. The number of rotatable bonds is 5. The SMILES string of the molecule is O=C(CSc1ccccc1F)Nc1ccc(Cl)c([N+](=O)[O-])c1. The third-order valence-corrected chi connectivity index (χ3v) is 3.99. The second-order valence-electron chi connectivity index (χ2n) is 4.19. The minimum atomic E-state index is -0.633. The van der Waals surface area contributed by atoms with E-state index in [-0.39, 0.29) is 22.2 Å². The minimum absolute atomic E-state index is 0.0104. The summed E-state index contributed by atoms with van der Waals surface area (Å²) in [5, 5.41) is 13.3. The lowest BCUT2D eigenvalue weighted by molar-refractivity contribution is -0.384. The Hall–Kier alpha value is -2.12. The third kappa shape index (κ3) is 4.19. The van der Waals surface area contributed by atoms with Crippen LogP contribution in [0.25, 0.3) is 0 Å². The summed E-state index contributed by atoms with van der Waals surface area (Å²) in [5.41, 5.74) is -0.0311. The fourth-order valence-electron chi connectivity index (χ4n) is 1.63. The van der Waals surface area contributed by atoms with Crippen molar-refractivity contribution < 1.29 is 14.1 Å². The molecule has 0 aliphatic rings. The Kier molecular flexibility index (Phi) is 5.35. The van der Waals surface area contributed by atoms with Gasteiger partial charge in [-0.15, -0.1) is 11.8 Å². The van der Waals surface area contributed by atoms with Gasteiger partial charge in [0.05, 0.1) is 10.7 Å². The smallest absolute Gasteiger partial charge is 0.289 e. The van der Waals surface area contributed by atoms with E-state index >= 15 is 0 Å². The molecule has 0 saturated heterocycles. The molecule has 2 aromatic carbocycles. The van der Waals surface area contributed by atoms with Crippen molar-refractivity contribution in [3.63, 3.8) is 0 Å². The van der Waals surface area contributed by atoms with E-state index in [0.29, 0.717) is 4.90 Å². The lowest BCUT2D eigenvalue weighted by atomic mass is 10.3. The van der Waals surface area contributed by atoms with Crippen LogP contribution >= 0.6 is 23.4 Å². The highest BCUT2D eigenvalue weighted by Crippen LogP contribution is 2.27. The number of anilines is 1. The van der Waals surface area contributed by atoms with Crippen molar-refractivity contribution in [2.75, 3.05) is 11.1 Å². The predicted octanol–water partition coefficient (Wildman–Crippen LogP) is 4.12. The van der Waals surface area contributed by atoms with Crippen molar-refractivity contribution in [1.29, 1.82) is 0 Å². The number of thioether (sulfide) groups is 1. The zero-order valence-electron chi connectivity index (χ0n) is 11.1. The second-order valence-corrected chi connectivity index (χ2v) is 5.61. The zero-order valence-corrected chi connectivity index (χ0v) is 12.7. The first-order valence-corrected chi connectivity index (χ1v) is 7.45. The number of halogens is 2. The molecule has 1 amide bonds. The maximum atomic E-state index is 13.4. The molecule has 114 valence electrons. The van der Waals surface area contributed by atoms with E-state index in [2.05, 4.69) is 5.32 Å². The summed E-state index contributed by atoms with van der Waals surface area (Å²) >= 11 is 6.73. The van der Waals surface area contributed by atoms with Crippen molar-refractivity contribution >= 4 is 40.6 Å². The van der Waals surface area contributed by atoms with E-state index in [1.165, 1.54) is 24.3 Å². The molecular formula is C14H10ClFN2O3S. The summed E-state index contributed by atoms with van der Waals surface area (Å²) in [7, 11) is 0. The van der Waals surface area contributed by atoms with Gasteiger partial charge in [0.25, 0.3) is 5.69 Å². The summed E-state index contributed by atoms with van der Waals surface area (Å²) in [6, 6.07) is 10.1. The molecule has 2 aromatic rings. The lowest BCUT2D eigenvalue weighted by Gasteiger charge is -2.06. The first-order chi connectivity index (χ1) is 10.5. The summed E-state index contributed by atoms with van der Waals surface area (Å²) in [6.45, 7) is 0. The molecule has 0 bridgehead atoms. The fraction of sp³-hybridized carbons (Fsp3) is 0.0714. The number of amides is 1. The largest absolute Gasteiger partial charge is 0.325 e. The summed E-state index contributed by atoms with van der Waals surface area (Å²) in [6.07, 6.45) is 0. The van der Waals surface area contributed by atoms with Gasteiger partial charge >= 0.3 is 0 Å². The molecule has 22 heavy (non-hydrogen) atoms. The van der Waals surface area contributed by atoms with Gasteiger partial charge in [0, 0.05) is 16.6 Å². The highest BCUT2D eigenvalue weighted by Gasteiger charge is 2.14. The van der Waals surface area contributed by atoms with Crippen molar-refractivity contribution in [2.45, 2.75) is 4.90 Å². The maximum absolute atomic E-state index is 13.4. The van der Waals surface area contributed by atoms with Gasteiger partial charge in [0.2, 0.25) is 5.91 Å². The van der Waals surface area contributed by atoms with E-state index in [4.69, 9.17) is 11.6 Å². The van der Waals surface area contributed by atoms with Crippen LogP contribution in [0.2, 0.25) is 5.02 Å². The van der Waals surface area contributed by atoms with E-state index in [1.54, 1.807) is 18.2 Å². The maximum Gasteiger partial charge on any atom is 0.289 e. The van der Waals surface area contributed by atoms with Crippen LogP contribution in [-0.2, 0) is 4.79 Å². The van der Waals surface area contributed by atoms with Crippen LogP contribution < -0.4 is 5.32 Å². The lowest BCUT2D eigenvalue weighted by Crippen LogP contribution is -2.14. The van der Waals surface area contributed by atoms with Crippen LogP contribution in [0.4, 0.5) is 15.8 Å². The van der Waals surface area contributed by atoms with Crippen molar-refractivity contribution in [3.8, 4) is 0 Å². The van der Waals surface area contributed by atoms with Crippen LogP contribution in [0, 0.1) is 15.9 Å². The normalized spacial score (nSPS) is 10.3. The van der Waals surface area contributed by atoms with Crippen LogP contribution in [0.5, 0.6) is 0 Å². The van der Waals surface area contributed by atoms with Gasteiger partial charge in [-0.05, 0) is 24.3 Å². The molecule has 0 atom stereocenters. The summed E-state index contributed by atoms with van der Waals surface area (Å²) in [5.74, 6) is -0.815. The number of hydrogen-bond acceptors (Lipinski definition) is 4. The molecular weight excluding hydrogens is 331 g/mol. The molecule has 2 rings (SSSR count). The first kappa shape index (κ1) is 16.3. The predicted molar refractivity (Wildman–Crippen MR) is 83.9 cm³/mol. The van der Waals surface area contributed by atoms with Crippen molar-refractivity contribution in [1.82, 2.24) is 0 Å². The van der Waals surface area contributed by atoms with E-state index in [1.807, 2.05) is 0 Å². The Morgan fingerprint density at radius 2 is 2.05 bits per heavy atom. The Morgan fingerprint density at radius 3 is 2.73 bits per heavy atom. The van der Waals surface area contributed by atoms with Crippen LogP contribution in [0.15, 0.2) is 47.4 Å². The van der Waals surface area contributed by atoms with E-state index in [0.717, 1.165) is 11.8 Å². The highest BCUT2D eigenvalue weighted by atomic mass is 35.5. The third-order valence-electron chi connectivity index (χ3n) is 2.62. The first-order valence-electron chi connectivity index (χ1n) is 6.08. The van der Waals surface area contributed by atoms with Gasteiger partial charge in [-0.1, -0.05) is 23.7 Å². The number of nitro groups is 1. The number of carbonyl (C=O) groups is 1. The van der Waals surface area contributed by atoms with E-state index < -0.39 is 16.6 Å². The fourth-order valence-corrected chi connectivity index (χ4v) is 2.56. The van der Waals surface area contributed by atoms with Gasteiger partial charge in [-0.2, -0.15) is 0 Å². The second kappa shape index (κ2) is 7.24. The molecule has 0 aromatic heterocycles. The molecule has 0 aliphatic carbocycles. The average Bonchev–Trinajstić information content (AvgIpc) is 2.48. The molecule has 5 nitrogen and oxygen atoms in total. The number of benzene rings is 2. The van der Waals surface area contributed by atoms with E-state index in [9.17, 15) is 19.3 Å². The quantitative estimate of drug-likeness (QED) is 0.505. The molecule has 1 N–H and O–H groups in total. The number of nitrogens with one attached hydrogen (secondary N) is 1. The van der Waals surface area contributed by atoms with Gasteiger partial charge in [-0.25, -0.2) is 4.39 Å². The van der Waals surface area contributed by atoms with Gasteiger partial charge < -0.3 is 5.32 Å². The molecule has 0 unspecified atom stereocenters. The Labute approximate surface area is 134 Å². The van der Waals surface area contributed by atoms with Gasteiger partial charge in [-0.3, -0.25) is 14.9 Å². The molecule has 8 heteroatoms.